The molecule has 0 N–H and O–H groups in total. The zero-order valence-corrected chi connectivity index (χ0v) is 4.13. The molecule has 0 atom stereocenters. The number of rotatable bonds is 0. The summed E-state index contributed by atoms with van der Waals surface area (Å²) >= 11 is 0. The molecule has 8 heavy (non-hydrogen) atoms. The molecule has 0 saturated heterocycles. The lowest BCUT2D eigenvalue weighted by Crippen LogP contribution is -1.87. The van der Waals surface area contributed by atoms with Crippen LogP contribution in [0.15, 0.2) is 12.3 Å². The van der Waals surface area contributed by atoms with Crippen LogP contribution >= 0.6 is 0 Å². The average molecular weight is 111 g/mol. The summed E-state index contributed by atoms with van der Waals surface area (Å²) in [6, 6.07) is 1.18. The largest absolute Gasteiger partial charge is 0.241 e. The summed E-state index contributed by atoms with van der Waals surface area (Å²) in [7, 11) is 0. The second-order valence-corrected chi connectivity index (χ2v) is 1.30. The van der Waals surface area contributed by atoms with Crippen molar-refractivity contribution in [1.82, 2.24) is 9.97 Å². The standard InChI is InChI=1S/C5H4FN2/c1-4-7-3-2-5(6)8-4/h2-3H,1H2. The molecule has 41 valence electrons. The van der Waals surface area contributed by atoms with E-state index in [0.717, 1.165) is 0 Å². The predicted molar refractivity (Wildman–Crippen MR) is 26.4 cm³/mol. The highest BCUT2D eigenvalue weighted by atomic mass is 19.1. The van der Waals surface area contributed by atoms with Gasteiger partial charge in [0.1, 0.15) is 5.82 Å². The first-order valence-corrected chi connectivity index (χ1v) is 2.09. The quantitative estimate of drug-likeness (QED) is 0.463. The van der Waals surface area contributed by atoms with Crippen LogP contribution in [0, 0.1) is 12.9 Å². The number of aromatic nitrogens is 2. The zero-order valence-electron chi connectivity index (χ0n) is 4.13. The molecule has 0 spiro atoms. The Bertz CT molecular complexity index is 170. The molecule has 1 rings (SSSR count). The van der Waals surface area contributed by atoms with Gasteiger partial charge < -0.3 is 0 Å². The lowest BCUT2D eigenvalue weighted by atomic mass is 10.6. The van der Waals surface area contributed by atoms with Crippen LogP contribution in [0.4, 0.5) is 4.39 Å². The fraction of sp³-hybridized carbons (Fsp3) is 0. The van der Waals surface area contributed by atoms with Crippen LogP contribution in [0.2, 0.25) is 0 Å². The average Bonchev–Trinajstić information content (AvgIpc) is 1.64. The Morgan fingerprint density at radius 1 is 1.62 bits per heavy atom. The van der Waals surface area contributed by atoms with E-state index < -0.39 is 5.95 Å². The van der Waals surface area contributed by atoms with Gasteiger partial charge in [-0.25, -0.2) is 9.97 Å². The van der Waals surface area contributed by atoms with Crippen molar-refractivity contribution in [2.24, 2.45) is 0 Å². The van der Waals surface area contributed by atoms with Gasteiger partial charge in [-0.3, -0.25) is 0 Å². The summed E-state index contributed by atoms with van der Waals surface area (Å²) in [5, 5.41) is 0. The molecule has 2 nitrogen and oxygen atoms in total. The number of nitrogens with zero attached hydrogens (tertiary/aromatic N) is 2. The van der Waals surface area contributed by atoms with Crippen LogP contribution in [-0.4, -0.2) is 9.97 Å². The summed E-state index contributed by atoms with van der Waals surface area (Å²) in [6.45, 7) is 3.32. The summed E-state index contributed by atoms with van der Waals surface area (Å²) in [5.74, 6) is -0.324. The highest BCUT2D eigenvalue weighted by Gasteiger charge is 1.87. The lowest BCUT2D eigenvalue weighted by Gasteiger charge is -1.85. The number of halogens is 1. The van der Waals surface area contributed by atoms with Crippen molar-refractivity contribution >= 4 is 0 Å². The Kier molecular flexibility index (Phi) is 1.20. The van der Waals surface area contributed by atoms with Crippen LogP contribution < -0.4 is 0 Å². The fourth-order valence-corrected chi connectivity index (χ4v) is 0.374. The lowest BCUT2D eigenvalue weighted by molar-refractivity contribution is 0.576. The Labute approximate surface area is 46.4 Å². The molecule has 0 unspecified atom stereocenters. The monoisotopic (exact) mass is 111 g/mol. The van der Waals surface area contributed by atoms with E-state index in [1.54, 1.807) is 0 Å². The summed E-state index contributed by atoms with van der Waals surface area (Å²) in [5.41, 5.74) is 0. The molecule has 1 aromatic rings. The Morgan fingerprint density at radius 3 is 2.75 bits per heavy atom. The third kappa shape index (κ3) is 0.992. The molecular weight excluding hydrogens is 107 g/mol. The van der Waals surface area contributed by atoms with Crippen molar-refractivity contribution in [2.45, 2.75) is 0 Å². The first-order valence-electron chi connectivity index (χ1n) is 2.09. The Balaban J connectivity index is 3.08. The van der Waals surface area contributed by atoms with Gasteiger partial charge in [0.25, 0.3) is 0 Å². The molecule has 0 fully saturated rings. The molecule has 0 aromatic carbocycles. The van der Waals surface area contributed by atoms with Crippen molar-refractivity contribution in [3.05, 3.63) is 31.0 Å². The minimum atomic E-state index is -0.537. The van der Waals surface area contributed by atoms with Crippen LogP contribution in [0.1, 0.15) is 5.82 Å². The summed E-state index contributed by atoms with van der Waals surface area (Å²) in [6.07, 6.45) is 1.32. The SMILES string of the molecule is [CH2]c1nccc(F)n1. The van der Waals surface area contributed by atoms with Crippen molar-refractivity contribution < 1.29 is 4.39 Å². The molecule has 0 aliphatic heterocycles. The van der Waals surface area contributed by atoms with Crippen LogP contribution in [0.5, 0.6) is 0 Å². The normalized spacial score (nSPS) is 9.25. The van der Waals surface area contributed by atoms with Crippen molar-refractivity contribution in [1.29, 1.82) is 0 Å². The van der Waals surface area contributed by atoms with E-state index in [0.29, 0.717) is 0 Å². The molecular formula is C5H4FN2. The molecule has 0 saturated carbocycles. The highest BCUT2D eigenvalue weighted by molar-refractivity contribution is 4.92. The first kappa shape index (κ1) is 5.15. The Hall–Kier alpha value is -0.990. The minimum Gasteiger partial charge on any atom is -0.241 e. The van der Waals surface area contributed by atoms with Gasteiger partial charge in [-0.2, -0.15) is 4.39 Å². The van der Waals surface area contributed by atoms with Gasteiger partial charge in [0, 0.05) is 19.2 Å². The number of hydrogen-bond donors (Lipinski definition) is 0. The second kappa shape index (κ2) is 1.86. The summed E-state index contributed by atoms with van der Waals surface area (Å²) < 4.78 is 12.0. The third-order valence-corrected chi connectivity index (χ3v) is 0.671. The molecule has 0 aliphatic rings. The fourth-order valence-electron chi connectivity index (χ4n) is 0.374. The van der Waals surface area contributed by atoms with Gasteiger partial charge in [0.15, 0.2) is 0 Å². The smallest absolute Gasteiger partial charge is 0.216 e. The van der Waals surface area contributed by atoms with Gasteiger partial charge in [0.05, 0.1) is 0 Å². The van der Waals surface area contributed by atoms with Crippen LogP contribution in [0.3, 0.4) is 0 Å². The van der Waals surface area contributed by atoms with E-state index >= 15 is 0 Å². The maximum atomic E-state index is 12.0. The van der Waals surface area contributed by atoms with E-state index in [-0.39, 0.29) is 5.82 Å². The van der Waals surface area contributed by atoms with Crippen LogP contribution in [0.25, 0.3) is 0 Å². The van der Waals surface area contributed by atoms with Gasteiger partial charge in [0.2, 0.25) is 5.95 Å². The topological polar surface area (TPSA) is 25.8 Å². The molecule has 0 aliphatic carbocycles. The summed E-state index contributed by atoms with van der Waals surface area (Å²) in [4.78, 5) is 6.86. The first-order chi connectivity index (χ1) is 3.79. The minimum absolute atomic E-state index is 0.213. The molecule has 1 heterocycles. The van der Waals surface area contributed by atoms with Crippen LogP contribution in [-0.2, 0) is 0 Å². The van der Waals surface area contributed by atoms with Gasteiger partial charge in [-0.15, -0.1) is 0 Å². The van der Waals surface area contributed by atoms with Crippen molar-refractivity contribution in [3.63, 3.8) is 0 Å². The highest BCUT2D eigenvalue weighted by Crippen LogP contribution is 1.88. The van der Waals surface area contributed by atoms with Gasteiger partial charge >= 0.3 is 0 Å². The van der Waals surface area contributed by atoms with Crippen molar-refractivity contribution in [2.75, 3.05) is 0 Å². The molecule has 1 aromatic heterocycles. The molecule has 1 radical (unpaired) electrons. The van der Waals surface area contributed by atoms with E-state index in [9.17, 15) is 4.39 Å². The van der Waals surface area contributed by atoms with E-state index in [1.807, 2.05) is 0 Å². The van der Waals surface area contributed by atoms with E-state index in [4.69, 9.17) is 0 Å². The number of hydrogen-bond acceptors (Lipinski definition) is 2. The van der Waals surface area contributed by atoms with Crippen molar-refractivity contribution in [3.8, 4) is 0 Å². The van der Waals surface area contributed by atoms with E-state index in [2.05, 4.69) is 16.9 Å². The van der Waals surface area contributed by atoms with E-state index in [1.165, 1.54) is 12.3 Å². The third-order valence-electron chi connectivity index (χ3n) is 0.671. The van der Waals surface area contributed by atoms with Gasteiger partial charge in [-0.05, 0) is 0 Å². The molecule has 0 amide bonds. The van der Waals surface area contributed by atoms with Gasteiger partial charge in [-0.1, -0.05) is 0 Å². The Morgan fingerprint density at radius 2 is 2.38 bits per heavy atom. The second-order valence-electron chi connectivity index (χ2n) is 1.30. The predicted octanol–water partition coefficient (Wildman–Crippen LogP) is 0.798. The maximum absolute atomic E-state index is 12.0. The molecule has 3 heteroatoms. The maximum Gasteiger partial charge on any atom is 0.216 e. The zero-order chi connectivity index (χ0) is 5.98. The molecule has 0 bridgehead atoms.